The summed E-state index contributed by atoms with van der Waals surface area (Å²) in [6.07, 6.45) is 0. The molecule has 0 unspecified atom stereocenters. The summed E-state index contributed by atoms with van der Waals surface area (Å²) in [6, 6.07) is 0. The first-order valence-corrected chi connectivity index (χ1v) is 5.95. The molecule has 0 spiro atoms. The zero-order valence-corrected chi connectivity index (χ0v) is 6.26. The Bertz CT molecular complexity index is 239. The molecule has 4 nitrogen and oxygen atoms in total. The van der Waals surface area contributed by atoms with Crippen molar-refractivity contribution in [2.45, 2.75) is 0 Å². The third-order valence-electron chi connectivity index (χ3n) is 0.359. The van der Waals surface area contributed by atoms with Gasteiger partial charge in [-0.25, -0.2) is 0 Å². The Kier molecular flexibility index (Phi) is 1.88. The van der Waals surface area contributed by atoms with Crippen LogP contribution in [0.15, 0.2) is 0 Å². The van der Waals surface area contributed by atoms with Crippen LogP contribution in [0.25, 0.3) is 0 Å². The molecule has 0 atom stereocenters. The van der Waals surface area contributed by atoms with E-state index >= 15 is 0 Å². The van der Waals surface area contributed by atoms with Gasteiger partial charge in [-0.2, -0.15) is 0 Å². The fourth-order valence-corrected chi connectivity index (χ4v) is 0.0491. The molecule has 0 aliphatic rings. The first kappa shape index (κ1) is 13.6. The van der Waals surface area contributed by atoms with Crippen LogP contribution in [0.2, 0.25) is 0 Å². The molecule has 11 heavy (non-hydrogen) atoms. The zero-order valence-electron chi connectivity index (χ0n) is 4.70. The van der Waals surface area contributed by atoms with Crippen LogP contribution < -0.4 is 6.15 Å². The summed E-state index contributed by atoms with van der Waals surface area (Å²) in [6.45, 7) is 0. The molecule has 0 radical (unpaired) electrons. The van der Waals surface area contributed by atoms with Crippen molar-refractivity contribution >= 4 is 0 Å². The predicted molar refractivity (Wildman–Crippen MR) is 14.5 cm³/mol. The average Bonchev–Trinajstić information content (AvgIpc) is 1.66. The summed E-state index contributed by atoms with van der Waals surface area (Å²) < 4.78 is 74.7. The molecule has 0 saturated heterocycles. The standard InChI is InChI=1S/2FO.4FH.H3N.O.Ti/c2*1-2;;;;;;;/h;;4*1H;1H3;;/q2*-1;;;;;;;+6/p-4. The molecule has 11 heteroatoms. The quantitative estimate of drug-likeness (QED) is 0.580. The minimum atomic E-state index is -12.4. The second-order valence-corrected chi connectivity index (χ2v) is 7.25. The molecule has 0 saturated carbocycles. The minimum absolute atomic E-state index is 0. The van der Waals surface area contributed by atoms with Crippen LogP contribution in [0.3, 0.4) is 0 Å². The van der Waals surface area contributed by atoms with Gasteiger partial charge in [-0.15, -0.1) is 0 Å². The van der Waals surface area contributed by atoms with Gasteiger partial charge in [0, 0.05) is 0 Å². The monoisotopic (exact) mass is 227 g/mol. The van der Waals surface area contributed by atoms with Crippen LogP contribution in [-0.2, 0) is 26.0 Å². The summed E-state index contributed by atoms with van der Waals surface area (Å²) in [5.41, 5.74) is 0. The molecule has 0 aliphatic carbocycles. The van der Waals surface area contributed by atoms with Crippen molar-refractivity contribution in [3.8, 4) is 0 Å². The number of rotatable bonds is 2. The number of halogens is 6. The molecule has 0 aromatic rings. The van der Waals surface area contributed by atoms with Crippen molar-refractivity contribution in [3.05, 3.63) is 0 Å². The molecule has 72 valence electrons. The third-order valence-corrected chi connectivity index (χ3v) is 1.48. The van der Waals surface area contributed by atoms with E-state index in [4.69, 9.17) is 3.32 Å². The Hall–Kier alpha value is -0.0257. The predicted octanol–water partition coefficient (Wildman–Crippen LogP) is 2.43. The van der Waals surface area contributed by atoms with Gasteiger partial charge in [-0.1, -0.05) is 0 Å². The fraction of sp³-hybridized carbons (Fsp3) is 0. The van der Waals surface area contributed by atoms with Crippen molar-refractivity contribution in [1.29, 1.82) is 0 Å². The molecular formula is H3F6NO3Ti. The van der Waals surface area contributed by atoms with Gasteiger partial charge in [-0.3, -0.25) is 0 Å². The first-order valence-electron chi connectivity index (χ1n) is 1.68. The van der Waals surface area contributed by atoms with E-state index in [1.54, 1.807) is 0 Å². The molecule has 0 aromatic carbocycles. The van der Waals surface area contributed by atoms with E-state index in [1.165, 1.54) is 0 Å². The topological polar surface area (TPSA) is 70.5 Å². The molecule has 0 aliphatic heterocycles. The van der Waals surface area contributed by atoms with Crippen LogP contribution in [0.1, 0.15) is 0 Å². The second kappa shape index (κ2) is 1.52. The number of hydrogen-bond donors (Lipinski definition) is 1. The van der Waals surface area contributed by atoms with Gasteiger partial charge in [0.1, 0.15) is 0 Å². The summed E-state index contributed by atoms with van der Waals surface area (Å²) >= 11 is -12.4. The van der Waals surface area contributed by atoms with Crippen LogP contribution in [0.5, 0.6) is 0 Å². The Labute approximate surface area is 54.4 Å². The van der Waals surface area contributed by atoms with Gasteiger partial charge in [0.15, 0.2) is 0 Å². The Morgan fingerprint density at radius 3 is 1.09 bits per heavy atom. The second-order valence-electron chi connectivity index (χ2n) is 1.76. The molecule has 0 bridgehead atoms. The molecule has 0 aromatic heterocycles. The van der Waals surface area contributed by atoms with Gasteiger partial charge >= 0.3 is 47.4 Å². The normalized spacial score (nSPS) is 21.8. The first-order chi connectivity index (χ1) is 3.84. The molecule has 0 heterocycles. The summed E-state index contributed by atoms with van der Waals surface area (Å²) in [4.78, 5) is 0. The van der Waals surface area contributed by atoms with Crippen LogP contribution in [0.4, 0.5) is 21.4 Å². The van der Waals surface area contributed by atoms with Gasteiger partial charge in [0.2, 0.25) is 0 Å². The number of hydrogen-bond acceptors (Lipinski definition) is 4. The van der Waals surface area contributed by atoms with E-state index in [0.717, 1.165) is 0 Å². The van der Waals surface area contributed by atoms with Crippen molar-refractivity contribution in [2.24, 2.45) is 0 Å². The van der Waals surface area contributed by atoms with Gasteiger partial charge in [0.05, 0.1) is 0 Å². The van der Waals surface area contributed by atoms with E-state index in [1.807, 2.05) is 0 Å². The summed E-state index contributed by atoms with van der Waals surface area (Å²) in [5, 5.41) is 0. The molecule has 0 amide bonds. The van der Waals surface area contributed by atoms with E-state index in [0.29, 0.717) is 7.05 Å². The maximum absolute atomic E-state index is 12.4. The van der Waals surface area contributed by atoms with Gasteiger partial charge < -0.3 is 6.15 Å². The van der Waals surface area contributed by atoms with E-state index in [9.17, 15) is 21.4 Å². The Balaban J connectivity index is 0. The molecule has 0 fully saturated rings. The SMILES string of the molecule is N.[O]=[Ti]([F])([F])([F])([F])([O]F)[O]F. The van der Waals surface area contributed by atoms with Crippen molar-refractivity contribution in [3.63, 3.8) is 0 Å². The van der Waals surface area contributed by atoms with Crippen LogP contribution in [-0.4, -0.2) is 0 Å². The molecule has 3 N–H and O–H groups in total. The summed E-state index contributed by atoms with van der Waals surface area (Å²) in [7, 11) is 0. The van der Waals surface area contributed by atoms with Crippen molar-refractivity contribution < 1.29 is 47.4 Å². The fourth-order valence-electron chi connectivity index (χ4n) is 0.0119. The molecular weight excluding hydrogens is 224 g/mol. The Morgan fingerprint density at radius 2 is 1.09 bits per heavy atom. The van der Waals surface area contributed by atoms with Gasteiger partial charge in [0.25, 0.3) is 0 Å². The maximum atomic E-state index is 11.0. The van der Waals surface area contributed by atoms with Crippen LogP contribution in [0, 0.1) is 0 Å². The van der Waals surface area contributed by atoms with E-state index < -0.39 is 15.6 Å². The third kappa shape index (κ3) is 4.42. The van der Waals surface area contributed by atoms with Crippen molar-refractivity contribution in [1.82, 2.24) is 6.15 Å². The average molecular weight is 227 g/mol. The van der Waals surface area contributed by atoms with Gasteiger partial charge in [-0.05, 0) is 0 Å². The molecule has 0 rings (SSSR count). The van der Waals surface area contributed by atoms with E-state index in [-0.39, 0.29) is 6.15 Å². The van der Waals surface area contributed by atoms with Crippen LogP contribution >= 0.6 is 0 Å². The zero-order chi connectivity index (χ0) is 8.79. The Morgan fingerprint density at radius 1 is 0.909 bits per heavy atom. The van der Waals surface area contributed by atoms with Crippen molar-refractivity contribution in [2.75, 3.05) is 0 Å². The van der Waals surface area contributed by atoms with E-state index in [2.05, 4.69) is 0 Å². The summed E-state index contributed by atoms with van der Waals surface area (Å²) in [5.74, 6) is 0.